The molecule has 6 heteroatoms. The van der Waals surface area contributed by atoms with Gasteiger partial charge in [-0.3, -0.25) is 0 Å². The molecular formula is C46H28N4OS. The summed E-state index contributed by atoms with van der Waals surface area (Å²) >= 11 is 1.68. The van der Waals surface area contributed by atoms with Crippen LogP contribution in [-0.2, 0) is 0 Å². The van der Waals surface area contributed by atoms with Crippen molar-refractivity contribution in [3.8, 4) is 67.0 Å². The minimum atomic E-state index is 0.547. The molecule has 0 bridgehead atoms. The van der Waals surface area contributed by atoms with E-state index in [1.807, 2.05) is 54.6 Å². The number of fused-ring (bicyclic) bond motifs is 4. The molecule has 0 aliphatic carbocycles. The van der Waals surface area contributed by atoms with Crippen molar-refractivity contribution in [3.63, 3.8) is 0 Å². The van der Waals surface area contributed by atoms with Gasteiger partial charge in [0.05, 0.1) is 21.3 Å². The van der Waals surface area contributed by atoms with E-state index in [-0.39, 0.29) is 0 Å². The summed E-state index contributed by atoms with van der Waals surface area (Å²) in [7, 11) is 0. The van der Waals surface area contributed by atoms with Crippen LogP contribution in [-0.4, -0.2) is 19.9 Å². The Morgan fingerprint density at radius 3 is 1.63 bits per heavy atom. The highest BCUT2D eigenvalue weighted by Gasteiger charge is 2.23. The zero-order valence-electron chi connectivity index (χ0n) is 27.8. The van der Waals surface area contributed by atoms with Gasteiger partial charge in [0.1, 0.15) is 16.2 Å². The quantitative estimate of drug-likeness (QED) is 0.174. The number of rotatable bonds is 6. The summed E-state index contributed by atoms with van der Waals surface area (Å²) in [5, 5.41) is 2.92. The molecule has 52 heavy (non-hydrogen) atoms. The molecular weight excluding hydrogens is 657 g/mol. The molecule has 0 aliphatic rings. The molecule has 10 rings (SSSR count). The van der Waals surface area contributed by atoms with Crippen LogP contribution in [0.1, 0.15) is 0 Å². The van der Waals surface area contributed by atoms with Gasteiger partial charge in [-0.05, 0) is 46.5 Å². The monoisotopic (exact) mass is 684 g/mol. The lowest BCUT2D eigenvalue weighted by Crippen LogP contribution is -2.00. The lowest BCUT2D eigenvalue weighted by Gasteiger charge is -2.09. The van der Waals surface area contributed by atoms with E-state index in [1.54, 1.807) is 11.3 Å². The van der Waals surface area contributed by atoms with Crippen LogP contribution >= 0.6 is 11.3 Å². The zero-order valence-corrected chi connectivity index (χ0v) is 28.6. The Bertz CT molecular complexity index is 2850. The van der Waals surface area contributed by atoms with Crippen LogP contribution in [0.4, 0.5) is 0 Å². The average molecular weight is 685 g/mol. The van der Waals surface area contributed by atoms with Gasteiger partial charge in [-0.2, -0.15) is 0 Å². The molecule has 0 amide bonds. The number of benzene rings is 7. The Hall–Kier alpha value is -6.76. The number of hydrogen-bond acceptors (Lipinski definition) is 6. The summed E-state index contributed by atoms with van der Waals surface area (Å²) in [5.74, 6) is 1.74. The normalized spacial score (nSPS) is 11.5. The number of nitrogens with zero attached hydrogens (tertiary/aromatic N) is 4. The third kappa shape index (κ3) is 5.25. The number of aromatic nitrogens is 4. The van der Waals surface area contributed by atoms with Crippen LogP contribution in [0.15, 0.2) is 174 Å². The van der Waals surface area contributed by atoms with Crippen LogP contribution in [0, 0.1) is 0 Å². The van der Waals surface area contributed by atoms with Crippen LogP contribution in [0.3, 0.4) is 0 Å². The molecule has 10 aromatic rings. The molecule has 7 aromatic carbocycles. The van der Waals surface area contributed by atoms with Crippen molar-refractivity contribution >= 4 is 43.5 Å². The molecule has 3 heterocycles. The van der Waals surface area contributed by atoms with Crippen molar-refractivity contribution in [3.05, 3.63) is 170 Å². The van der Waals surface area contributed by atoms with Crippen LogP contribution < -0.4 is 0 Å². The van der Waals surface area contributed by atoms with E-state index in [9.17, 15) is 0 Å². The number of thiazole rings is 1. The Morgan fingerprint density at radius 1 is 0.365 bits per heavy atom. The largest absolute Gasteiger partial charge is 0.455 e. The van der Waals surface area contributed by atoms with E-state index < -0.39 is 0 Å². The number of furan rings is 1. The highest BCUT2D eigenvalue weighted by Crippen LogP contribution is 2.45. The van der Waals surface area contributed by atoms with Crippen molar-refractivity contribution in [1.82, 2.24) is 19.9 Å². The summed E-state index contributed by atoms with van der Waals surface area (Å²) in [5.41, 5.74) is 10.5. The second-order valence-electron chi connectivity index (χ2n) is 12.6. The van der Waals surface area contributed by atoms with Gasteiger partial charge in [0.2, 0.25) is 0 Å². The van der Waals surface area contributed by atoms with Crippen molar-refractivity contribution in [2.75, 3.05) is 0 Å². The van der Waals surface area contributed by atoms with Crippen molar-refractivity contribution in [2.24, 2.45) is 0 Å². The van der Waals surface area contributed by atoms with E-state index >= 15 is 0 Å². The number of hydrogen-bond donors (Lipinski definition) is 0. The SMILES string of the molecule is c1ccc(-c2ccc(-c3nc(-c4ccccc4)nc(-c4cccc5c4oc4c(-c6nc7ccccc7s6)c(-c6ccccc6)ccc45)n3)cc2)cc1. The molecule has 0 saturated carbocycles. The van der Waals surface area contributed by atoms with Gasteiger partial charge in [0, 0.05) is 21.9 Å². The molecule has 0 unspecified atom stereocenters. The summed E-state index contributed by atoms with van der Waals surface area (Å²) in [6.07, 6.45) is 0. The van der Waals surface area contributed by atoms with Gasteiger partial charge in [0.15, 0.2) is 17.5 Å². The maximum absolute atomic E-state index is 7.00. The summed E-state index contributed by atoms with van der Waals surface area (Å²) < 4.78 is 8.14. The van der Waals surface area contributed by atoms with E-state index in [4.69, 9.17) is 24.4 Å². The Kier molecular flexibility index (Phi) is 7.25. The molecule has 0 aliphatic heterocycles. The van der Waals surface area contributed by atoms with E-state index in [0.29, 0.717) is 17.5 Å². The molecule has 0 radical (unpaired) electrons. The highest BCUT2D eigenvalue weighted by atomic mass is 32.1. The summed E-state index contributed by atoms with van der Waals surface area (Å²) in [4.78, 5) is 20.3. The molecule has 0 saturated heterocycles. The van der Waals surface area contributed by atoms with Gasteiger partial charge in [0.25, 0.3) is 0 Å². The Morgan fingerprint density at radius 2 is 0.923 bits per heavy atom. The Balaban J connectivity index is 1.19. The maximum atomic E-state index is 7.00. The van der Waals surface area contributed by atoms with Gasteiger partial charge in [-0.25, -0.2) is 19.9 Å². The van der Waals surface area contributed by atoms with Gasteiger partial charge < -0.3 is 4.42 Å². The lowest BCUT2D eigenvalue weighted by molar-refractivity contribution is 0.670. The minimum Gasteiger partial charge on any atom is -0.455 e. The first-order valence-electron chi connectivity index (χ1n) is 17.1. The molecule has 0 spiro atoms. The van der Waals surface area contributed by atoms with E-state index in [0.717, 1.165) is 81.7 Å². The predicted molar refractivity (Wildman–Crippen MR) is 213 cm³/mol. The molecule has 5 nitrogen and oxygen atoms in total. The predicted octanol–water partition coefficient (Wildman–Crippen LogP) is 12.4. The third-order valence-corrected chi connectivity index (χ3v) is 10.5. The van der Waals surface area contributed by atoms with Crippen LogP contribution in [0.2, 0.25) is 0 Å². The number of para-hydroxylation sites is 2. The molecule has 0 atom stereocenters. The van der Waals surface area contributed by atoms with Crippen LogP contribution in [0.5, 0.6) is 0 Å². The van der Waals surface area contributed by atoms with Crippen LogP contribution in [0.25, 0.3) is 99.1 Å². The van der Waals surface area contributed by atoms with Crippen molar-refractivity contribution < 1.29 is 4.42 Å². The molecule has 0 fully saturated rings. The summed E-state index contributed by atoms with van der Waals surface area (Å²) in [6, 6.07) is 58.0. The maximum Gasteiger partial charge on any atom is 0.167 e. The van der Waals surface area contributed by atoms with Gasteiger partial charge in [-0.1, -0.05) is 146 Å². The fourth-order valence-corrected chi connectivity index (χ4v) is 7.89. The average Bonchev–Trinajstić information content (AvgIpc) is 3.83. The fourth-order valence-electron chi connectivity index (χ4n) is 6.87. The zero-order chi connectivity index (χ0) is 34.4. The van der Waals surface area contributed by atoms with Gasteiger partial charge >= 0.3 is 0 Å². The first kappa shape index (κ1) is 30.1. The fraction of sp³-hybridized carbons (Fsp3) is 0. The second-order valence-corrected chi connectivity index (χ2v) is 13.6. The van der Waals surface area contributed by atoms with Gasteiger partial charge in [-0.15, -0.1) is 11.3 Å². The Labute approximate surface area is 303 Å². The third-order valence-electron chi connectivity index (χ3n) is 9.42. The van der Waals surface area contributed by atoms with E-state index in [1.165, 1.54) is 0 Å². The summed E-state index contributed by atoms with van der Waals surface area (Å²) in [6.45, 7) is 0. The minimum absolute atomic E-state index is 0.547. The lowest BCUT2D eigenvalue weighted by atomic mass is 9.97. The second kappa shape index (κ2) is 12.5. The first-order valence-corrected chi connectivity index (χ1v) is 18.0. The topological polar surface area (TPSA) is 64.7 Å². The molecule has 244 valence electrons. The van der Waals surface area contributed by atoms with Crippen molar-refractivity contribution in [2.45, 2.75) is 0 Å². The standard InChI is InChI=1S/C46H28N4OS/c1-4-13-29(14-5-1)30-23-25-33(26-24-30)44-48-43(32-17-8-3-9-18-32)49-45(50-44)37-20-12-19-35-36-28-27-34(31-15-6-2-7-16-31)40(42(36)51-41(35)37)46-47-38-21-10-11-22-39(38)52-46/h1-28H. The highest BCUT2D eigenvalue weighted by molar-refractivity contribution is 7.21. The molecule has 0 N–H and O–H groups in total. The van der Waals surface area contributed by atoms with E-state index in [2.05, 4.69) is 115 Å². The van der Waals surface area contributed by atoms with Crippen molar-refractivity contribution in [1.29, 1.82) is 0 Å². The molecule has 3 aromatic heterocycles. The smallest absolute Gasteiger partial charge is 0.167 e. The first-order chi connectivity index (χ1) is 25.8.